The molecule has 0 radical (unpaired) electrons. The molecular formula is C22H34ClNO5. The smallest absolute Gasteiger partial charge is 0.408 e. The van der Waals surface area contributed by atoms with Gasteiger partial charge in [0.05, 0.1) is 0 Å². The Balaban J connectivity index is 2.81. The van der Waals surface area contributed by atoms with E-state index in [0.717, 1.165) is 12.8 Å². The first-order valence-electron chi connectivity index (χ1n) is 10.1. The molecular weight excluding hydrogens is 394 g/mol. The SMILES string of the molecule is CCC(CC)[C@@H](Oc1cccc(Cl)c1)[C@H](C)OC(=O)[C@H](C)NC(=O)OC(C)(C)C. The Bertz CT molecular complexity index is 669. The van der Waals surface area contributed by atoms with E-state index >= 15 is 0 Å². The Morgan fingerprint density at radius 3 is 2.28 bits per heavy atom. The lowest BCUT2D eigenvalue weighted by Crippen LogP contribution is -2.46. The summed E-state index contributed by atoms with van der Waals surface area (Å²) in [6, 6.07) is 6.29. The number of benzene rings is 1. The van der Waals surface area contributed by atoms with E-state index in [1.165, 1.54) is 0 Å². The summed E-state index contributed by atoms with van der Waals surface area (Å²) in [6.45, 7) is 12.8. The molecule has 1 amide bonds. The van der Waals surface area contributed by atoms with Crippen molar-refractivity contribution < 1.29 is 23.8 Å². The van der Waals surface area contributed by atoms with Crippen molar-refractivity contribution in [1.82, 2.24) is 5.32 Å². The van der Waals surface area contributed by atoms with Crippen molar-refractivity contribution in [3.63, 3.8) is 0 Å². The first kappa shape index (κ1) is 25.1. The average Bonchev–Trinajstić information content (AvgIpc) is 2.60. The van der Waals surface area contributed by atoms with Gasteiger partial charge in [0, 0.05) is 5.02 Å². The molecule has 1 rings (SSSR count). The van der Waals surface area contributed by atoms with E-state index in [2.05, 4.69) is 19.2 Å². The summed E-state index contributed by atoms with van der Waals surface area (Å²) in [6.07, 6.45) is 0.210. The molecule has 0 spiro atoms. The van der Waals surface area contributed by atoms with E-state index in [1.807, 2.05) is 12.1 Å². The molecule has 0 saturated carbocycles. The molecule has 1 aromatic carbocycles. The molecule has 0 bridgehead atoms. The van der Waals surface area contributed by atoms with Crippen molar-refractivity contribution in [2.24, 2.45) is 5.92 Å². The Labute approximate surface area is 179 Å². The normalized spacial score (nSPS) is 14.7. The molecule has 0 saturated heterocycles. The lowest BCUT2D eigenvalue weighted by Gasteiger charge is -2.31. The fourth-order valence-electron chi connectivity index (χ4n) is 2.92. The summed E-state index contributed by atoms with van der Waals surface area (Å²) in [4.78, 5) is 24.4. The van der Waals surface area contributed by atoms with E-state index in [9.17, 15) is 9.59 Å². The molecule has 0 aliphatic carbocycles. The maximum Gasteiger partial charge on any atom is 0.408 e. The second kappa shape index (κ2) is 11.3. The molecule has 164 valence electrons. The number of hydrogen-bond donors (Lipinski definition) is 1. The minimum absolute atomic E-state index is 0.186. The number of esters is 1. The third kappa shape index (κ3) is 8.94. The Morgan fingerprint density at radius 2 is 1.76 bits per heavy atom. The molecule has 0 unspecified atom stereocenters. The standard InChI is InChI=1S/C22H34ClNO5/c1-8-16(9-2)19(28-18-12-10-11-17(23)13-18)15(4)27-20(25)14(3)24-21(26)29-22(5,6)7/h10-16,19H,8-9H2,1-7H3,(H,24,26)/t14-,15-,19-/m0/s1. The van der Waals surface area contributed by atoms with Crippen molar-refractivity contribution in [3.8, 4) is 5.75 Å². The van der Waals surface area contributed by atoms with Crippen molar-refractivity contribution in [3.05, 3.63) is 29.3 Å². The summed E-state index contributed by atoms with van der Waals surface area (Å²) in [7, 11) is 0. The van der Waals surface area contributed by atoms with Gasteiger partial charge < -0.3 is 19.5 Å². The third-order valence-electron chi connectivity index (χ3n) is 4.43. The second-order valence-electron chi connectivity index (χ2n) is 8.13. The van der Waals surface area contributed by atoms with E-state index < -0.39 is 29.8 Å². The largest absolute Gasteiger partial charge is 0.486 e. The van der Waals surface area contributed by atoms with Gasteiger partial charge in [-0.3, -0.25) is 0 Å². The van der Waals surface area contributed by atoms with Crippen LogP contribution in [0.3, 0.4) is 0 Å². The number of halogens is 1. The molecule has 0 aromatic heterocycles. The summed E-state index contributed by atoms with van der Waals surface area (Å²) >= 11 is 6.06. The van der Waals surface area contributed by atoms with E-state index in [0.29, 0.717) is 10.8 Å². The van der Waals surface area contributed by atoms with Gasteiger partial charge in [0.2, 0.25) is 0 Å². The fourth-order valence-corrected chi connectivity index (χ4v) is 3.10. The summed E-state index contributed by atoms with van der Waals surface area (Å²) < 4.78 is 17.0. The number of carbonyl (C=O) groups excluding carboxylic acids is 2. The van der Waals surface area contributed by atoms with Crippen molar-refractivity contribution in [1.29, 1.82) is 0 Å². The van der Waals surface area contributed by atoms with Crippen molar-refractivity contribution in [2.75, 3.05) is 0 Å². The van der Waals surface area contributed by atoms with Crippen LogP contribution in [0.1, 0.15) is 61.3 Å². The predicted molar refractivity (Wildman–Crippen MR) is 114 cm³/mol. The number of carbonyl (C=O) groups is 2. The van der Waals surface area contributed by atoms with Gasteiger partial charge in [-0.1, -0.05) is 31.5 Å². The minimum Gasteiger partial charge on any atom is -0.486 e. The highest BCUT2D eigenvalue weighted by atomic mass is 35.5. The van der Waals surface area contributed by atoms with Crippen LogP contribution in [-0.4, -0.2) is 35.9 Å². The fraction of sp³-hybridized carbons (Fsp3) is 0.636. The van der Waals surface area contributed by atoms with Gasteiger partial charge in [-0.05, 0) is 71.6 Å². The molecule has 29 heavy (non-hydrogen) atoms. The van der Waals surface area contributed by atoms with Crippen molar-refractivity contribution >= 4 is 23.7 Å². The molecule has 0 aliphatic rings. The topological polar surface area (TPSA) is 73.9 Å². The average molecular weight is 428 g/mol. The van der Waals surface area contributed by atoms with Gasteiger partial charge in [-0.15, -0.1) is 0 Å². The molecule has 0 aliphatic heterocycles. The molecule has 1 aromatic rings. The van der Waals surface area contributed by atoms with Gasteiger partial charge in [-0.2, -0.15) is 0 Å². The lowest BCUT2D eigenvalue weighted by atomic mass is 9.93. The maximum atomic E-state index is 12.5. The highest BCUT2D eigenvalue weighted by Gasteiger charge is 2.31. The van der Waals surface area contributed by atoms with Crippen LogP contribution >= 0.6 is 11.6 Å². The Morgan fingerprint density at radius 1 is 1.14 bits per heavy atom. The quantitative estimate of drug-likeness (QED) is 0.536. The Hall–Kier alpha value is -1.95. The highest BCUT2D eigenvalue weighted by molar-refractivity contribution is 6.30. The predicted octanol–water partition coefficient (Wildman–Crippen LogP) is 5.37. The van der Waals surface area contributed by atoms with Crippen LogP contribution in [0.2, 0.25) is 5.02 Å². The monoisotopic (exact) mass is 427 g/mol. The van der Waals surface area contributed by atoms with Crippen LogP contribution in [0, 0.1) is 5.92 Å². The van der Waals surface area contributed by atoms with Gasteiger partial charge in [0.25, 0.3) is 0 Å². The number of amides is 1. The second-order valence-corrected chi connectivity index (χ2v) is 8.56. The van der Waals surface area contributed by atoms with E-state index in [-0.39, 0.29) is 12.0 Å². The van der Waals surface area contributed by atoms with E-state index in [1.54, 1.807) is 46.8 Å². The van der Waals surface area contributed by atoms with Crippen LogP contribution in [-0.2, 0) is 14.3 Å². The summed E-state index contributed by atoms with van der Waals surface area (Å²) in [5.41, 5.74) is -0.646. The third-order valence-corrected chi connectivity index (χ3v) is 4.67. The zero-order chi connectivity index (χ0) is 22.2. The molecule has 7 heteroatoms. The molecule has 3 atom stereocenters. The van der Waals surface area contributed by atoms with Crippen LogP contribution in [0.4, 0.5) is 4.79 Å². The van der Waals surface area contributed by atoms with Crippen molar-refractivity contribution in [2.45, 2.75) is 85.2 Å². The number of rotatable bonds is 9. The first-order chi connectivity index (χ1) is 13.5. The molecule has 1 N–H and O–H groups in total. The van der Waals surface area contributed by atoms with Crippen LogP contribution in [0.5, 0.6) is 5.75 Å². The lowest BCUT2D eigenvalue weighted by molar-refractivity contribution is -0.156. The summed E-state index contributed by atoms with van der Waals surface area (Å²) in [5.74, 6) is 0.261. The minimum atomic E-state index is -0.846. The van der Waals surface area contributed by atoms with Gasteiger partial charge in [-0.25, -0.2) is 9.59 Å². The molecule has 0 fully saturated rings. The number of alkyl carbamates (subject to hydrolysis) is 1. The molecule has 6 nitrogen and oxygen atoms in total. The van der Waals surface area contributed by atoms with Gasteiger partial charge in [0.15, 0.2) is 0 Å². The number of nitrogens with one attached hydrogen (secondary N) is 1. The van der Waals surface area contributed by atoms with Crippen LogP contribution < -0.4 is 10.1 Å². The maximum absolute atomic E-state index is 12.5. The number of hydrogen-bond acceptors (Lipinski definition) is 5. The first-order valence-corrected chi connectivity index (χ1v) is 10.5. The van der Waals surface area contributed by atoms with Crippen LogP contribution in [0.15, 0.2) is 24.3 Å². The zero-order valence-corrected chi connectivity index (χ0v) is 19.2. The van der Waals surface area contributed by atoms with E-state index in [4.69, 9.17) is 25.8 Å². The van der Waals surface area contributed by atoms with Gasteiger partial charge in [0.1, 0.15) is 29.6 Å². The zero-order valence-electron chi connectivity index (χ0n) is 18.5. The Kier molecular flexibility index (Phi) is 9.77. The highest BCUT2D eigenvalue weighted by Crippen LogP contribution is 2.26. The molecule has 0 heterocycles. The van der Waals surface area contributed by atoms with Crippen LogP contribution in [0.25, 0.3) is 0 Å². The summed E-state index contributed by atoms with van der Waals surface area (Å²) in [5, 5.41) is 3.08. The van der Waals surface area contributed by atoms with Gasteiger partial charge >= 0.3 is 12.1 Å². The number of ether oxygens (including phenoxy) is 3.